The van der Waals surface area contributed by atoms with Crippen LogP contribution in [0.5, 0.6) is 0 Å². The number of aliphatic hydroxyl groups excluding tert-OH is 1. The lowest BCUT2D eigenvalue weighted by Gasteiger charge is -2.19. The van der Waals surface area contributed by atoms with Crippen molar-refractivity contribution in [1.29, 1.82) is 0 Å². The molecule has 0 aliphatic carbocycles. The predicted molar refractivity (Wildman–Crippen MR) is 99.1 cm³/mol. The van der Waals surface area contributed by atoms with Crippen molar-refractivity contribution < 1.29 is 18.7 Å². The van der Waals surface area contributed by atoms with Crippen molar-refractivity contribution in [1.82, 2.24) is 5.32 Å². The van der Waals surface area contributed by atoms with Crippen LogP contribution in [0.2, 0.25) is 0 Å². The largest absolute Gasteiger partial charge is 0.387 e. The van der Waals surface area contributed by atoms with Crippen LogP contribution in [-0.2, 0) is 4.79 Å². The van der Waals surface area contributed by atoms with E-state index in [0.29, 0.717) is 0 Å². The van der Waals surface area contributed by atoms with Gasteiger partial charge in [-0.05, 0) is 28.8 Å². The first-order valence-corrected chi connectivity index (χ1v) is 8.57. The van der Waals surface area contributed by atoms with E-state index < -0.39 is 23.7 Å². The van der Waals surface area contributed by atoms with Gasteiger partial charge in [0.15, 0.2) is 11.6 Å². The average molecular weight is 367 g/mol. The van der Waals surface area contributed by atoms with Crippen molar-refractivity contribution in [3.63, 3.8) is 0 Å². The van der Waals surface area contributed by atoms with Crippen molar-refractivity contribution in [2.24, 2.45) is 0 Å². The quantitative estimate of drug-likeness (QED) is 0.693. The first-order valence-electron chi connectivity index (χ1n) is 8.57. The molecule has 3 nitrogen and oxygen atoms in total. The number of nitrogens with one attached hydrogen (secondary N) is 1. The van der Waals surface area contributed by atoms with E-state index in [-0.39, 0.29) is 18.0 Å². The number of benzene rings is 3. The van der Waals surface area contributed by atoms with Gasteiger partial charge < -0.3 is 10.4 Å². The Morgan fingerprint density at radius 1 is 0.815 bits per heavy atom. The lowest BCUT2D eigenvalue weighted by Crippen LogP contribution is -2.33. The van der Waals surface area contributed by atoms with Crippen LogP contribution in [0.15, 0.2) is 78.9 Å². The molecule has 0 spiro atoms. The average Bonchev–Trinajstić information content (AvgIpc) is 2.70. The third-order valence-corrected chi connectivity index (χ3v) is 4.33. The SMILES string of the molecule is O=C(NCC(O)c1ccc(F)c(F)c1)C(c1ccccc1)c1ccccc1. The van der Waals surface area contributed by atoms with E-state index in [9.17, 15) is 18.7 Å². The van der Waals surface area contributed by atoms with Crippen molar-refractivity contribution in [3.05, 3.63) is 107 Å². The zero-order valence-electron chi connectivity index (χ0n) is 14.5. The van der Waals surface area contributed by atoms with Gasteiger partial charge in [-0.1, -0.05) is 66.7 Å². The number of hydrogen-bond donors (Lipinski definition) is 2. The van der Waals surface area contributed by atoms with Gasteiger partial charge in [0.05, 0.1) is 12.0 Å². The standard InChI is InChI=1S/C22H19F2NO2/c23-18-12-11-17(13-19(18)24)20(26)14-25-22(27)21(15-7-3-1-4-8-15)16-9-5-2-6-10-16/h1-13,20-21,26H,14H2,(H,25,27). The number of halogens is 2. The highest BCUT2D eigenvalue weighted by atomic mass is 19.2. The molecule has 138 valence electrons. The molecule has 0 aliphatic heterocycles. The molecule has 0 heterocycles. The van der Waals surface area contributed by atoms with Gasteiger partial charge in [-0.25, -0.2) is 8.78 Å². The lowest BCUT2D eigenvalue weighted by molar-refractivity contribution is -0.122. The smallest absolute Gasteiger partial charge is 0.232 e. The molecule has 1 atom stereocenters. The van der Waals surface area contributed by atoms with E-state index >= 15 is 0 Å². The second kappa shape index (κ2) is 8.56. The number of hydrogen-bond acceptors (Lipinski definition) is 2. The van der Waals surface area contributed by atoms with Crippen molar-refractivity contribution >= 4 is 5.91 Å². The van der Waals surface area contributed by atoms with Crippen LogP contribution >= 0.6 is 0 Å². The first kappa shape index (κ1) is 18.7. The fourth-order valence-corrected chi connectivity index (χ4v) is 2.92. The summed E-state index contributed by atoms with van der Waals surface area (Å²) in [5.41, 5.74) is 1.84. The molecule has 0 saturated carbocycles. The number of amides is 1. The van der Waals surface area contributed by atoms with Crippen molar-refractivity contribution in [2.45, 2.75) is 12.0 Å². The summed E-state index contributed by atoms with van der Waals surface area (Å²) in [5.74, 6) is -2.84. The number of carbonyl (C=O) groups is 1. The molecule has 0 bridgehead atoms. The number of aliphatic hydroxyl groups is 1. The molecule has 0 saturated heterocycles. The summed E-state index contributed by atoms with van der Waals surface area (Å²) in [7, 11) is 0. The summed E-state index contributed by atoms with van der Waals surface area (Å²) >= 11 is 0. The summed E-state index contributed by atoms with van der Waals surface area (Å²) in [5, 5.41) is 12.9. The predicted octanol–water partition coefficient (Wildman–Crippen LogP) is 3.95. The fraction of sp³-hybridized carbons (Fsp3) is 0.136. The Balaban J connectivity index is 1.76. The minimum Gasteiger partial charge on any atom is -0.387 e. The molecule has 1 amide bonds. The van der Waals surface area contributed by atoms with Crippen LogP contribution < -0.4 is 5.32 Å². The van der Waals surface area contributed by atoms with Gasteiger partial charge in [-0.15, -0.1) is 0 Å². The van der Waals surface area contributed by atoms with Crippen molar-refractivity contribution in [3.8, 4) is 0 Å². The summed E-state index contributed by atoms with van der Waals surface area (Å²) in [6.07, 6.45) is -1.14. The van der Waals surface area contributed by atoms with E-state index in [1.807, 2.05) is 60.7 Å². The topological polar surface area (TPSA) is 49.3 Å². The monoisotopic (exact) mass is 367 g/mol. The van der Waals surface area contributed by atoms with Crippen LogP contribution in [-0.4, -0.2) is 17.6 Å². The van der Waals surface area contributed by atoms with Gasteiger partial charge in [0.1, 0.15) is 0 Å². The summed E-state index contributed by atoms with van der Waals surface area (Å²) < 4.78 is 26.4. The molecule has 2 N–H and O–H groups in total. The Labute approximate surface area is 156 Å². The van der Waals surface area contributed by atoms with Gasteiger partial charge >= 0.3 is 0 Å². The molecule has 3 rings (SSSR count). The number of carbonyl (C=O) groups excluding carboxylic acids is 1. The first-order chi connectivity index (χ1) is 13.1. The maximum absolute atomic E-state index is 13.3. The highest BCUT2D eigenvalue weighted by Crippen LogP contribution is 2.25. The number of rotatable bonds is 6. The third kappa shape index (κ3) is 4.57. The molecular formula is C22H19F2NO2. The summed E-state index contributed by atoms with van der Waals surface area (Å²) in [6.45, 7) is -0.111. The Kier molecular flexibility index (Phi) is 5.94. The van der Waals surface area contributed by atoms with Gasteiger partial charge in [0.2, 0.25) is 5.91 Å². The van der Waals surface area contributed by atoms with Gasteiger partial charge in [0, 0.05) is 6.54 Å². The van der Waals surface area contributed by atoms with E-state index in [1.54, 1.807) is 0 Å². The summed E-state index contributed by atoms with van der Waals surface area (Å²) in [6, 6.07) is 21.8. The lowest BCUT2D eigenvalue weighted by atomic mass is 9.90. The molecule has 3 aromatic carbocycles. The Bertz CT molecular complexity index is 861. The molecule has 5 heteroatoms. The minimum absolute atomic E-state index is 0.111. The van der Waals surface area contributed by atoms with E-state index in [1.165, 1.54) is 6.07 Å². The molecule has 0 radical (unpaired) electrons. The van der Waals surface area contributed by atoms with Crippen LogP contribution in [0.1, 0.15) is 28.7 Å². The fourth-order valence-electron chi connectivity index (χ4n) is 2.92. The minimum atomic E-state index is -1.14. The summed E-state index contributed by atoms with van der Waals surface area (Å²) in [4.78, 5) is 12.8. The van der Waals surface area contributed by atoms with Crippen LogP contribution in [0, 0.1) is 11.6 Å². The Morgan fingerprint density at radius 3 is 1.89 bits per heavy atom. The van der Waals surface area contributed by atoms with Gasteiger partial charge in [-0.3, -0.25) is 4.79 Å². The molecular weight excluding hydrogens is 348 g/mol. The Morgan fingerprint density at radius 2 is 1.37 bits per heavy atom. The van der Waals surface area contributed by atoms with Crippen LogP contribution in [0.3, 0.4) is 0 Å². The van der Waals surface area contributed by atoms with Crippen LogP contribution in [0.25, 0.3) is 0 Å². The van der Waals surface area contributed by atoms with Gasteiger partial charge in [-0.2, -0.15) is 0 Å². The van der Waals surface area contributed by atoms with Crippen LogP contribution in [0.4, 0.5) is 8.78 Å². The molecule has 0 fully saturated rings. The normalized spacial score (nSPS) is 12.0. The van der Waals surface area contributed by atoms with E-state index in [2.05, 4.69) is 5.32 Å². The molecule has 0 aliphatic rings. The maximum Gasteiger partial charge on any atom is 0.232 e. The second-order valence-corrected chi connectivity index (χ2v) is 6.19. The molecule has 1 unspecified atom stereocenters. The van der Waals surface area contributed by atoms with E-state index in [0.717, 1.165) is 23.3 Å². The zero-order valence-corrected chi connectivity index (χ0v) is 14.5. The zero-order chi connectivity index (χ0) is 19.2. The third-order valence-electron chi connectivity index (χ3n) is 4.33. The second-order valence-electron chi connectivity index (χ2n) is 6.19. The molecule has 0 aromatic heterocycles. The van der Waals surface area contributed by atoms with Crippen molar-refractivity contribution in [2.75, 3.05) is 6.54 Å². The van der Waals surface area contributed by atoms with Gasteiger partial charge in [0.25, 0.3) is 0 Å². The Hall–Kier alpha value is -3.05. The highest BCUT2D eigenvalue weighted by Gasteiger charge is 2.23. The highest BCUT2D eigenvalue weighted by molar-refractivity contribution is 5.87. The van der Waals surface area contributed by atoms with E-state index in [4.69, 9.17) is 0 Å². The molecule has 3 aromatic rings. The molecule has 27 heavy (non-hydrogen) atoms. The maximum atomic E-state index is 13.3.